The normalized spacial score (nSPS) is 13.8. The predicted octanol–water partition coefficient (Wildman–Crippen LogP) is 2.43. The first-order valence-corrected chi connectivity index (χ1v) is 15.4. The van der Waals surface area contributed by atoms with Gasteiger partial charge in [0, 0.05) is 41.3 Å². The lowest BCUT2D eigenvalue weighted by Gasteiger charge is -2.32. The van der Waals surface area contributed by atoms with Gasteiger partial charge in [0.25, 0.3) is 5.91 Å². The third-order valence-electron chi connectivity index (χ3n) is 7.38. The molecule has 0 spiro atoms. The van der Waals surface area contributed by atoms with E-state index >= 15 is 0 Å². The lowest BCUT2D eigenvalue weighted by atomic mass is 9.97. The fourth-order valence-corrected chi connectivity index (χ4v) is 4.58. The fourth-order valence-electron chi connectivity index (χ4n) is 4.58. The molecule has 0 radical (unpaired) electrons. The number of hydrogen-bond donors (Lipinski definition) is 6. The highest BCUT2D eigenvalue weighted by molar-refractivity contribution is 5.88. The molecule has 0 saturated carbocycles. The Morgan fingerprint density at radius 1 is 0.717 bits per heavy atom. The van der Waals surface area contributed by atoms with E-state index in [1.54, 1.807) is 81.7 Å². The van der Waals surface area contributed by atoms with Gasteiger partial charge in [0.05, 0.1) is 12.1 Å². The molecular weight excluding hydrogens is 590 g/mol. The molecule has 254 valence electrons. The molecule has 13 nitrogen and oxygen atoms in total. The number of phenolic OH excluding ortho intramolecular Hbond substituents is 1. The van der Waals surface area contributed by atoms with Gasteiger partial charge in [-0.3, -0.25) is 15.0 Å². The number of aromatic hydroxyl groups is 1. The largest absolute Gasteiger partial charge is 0.508 e. The summed E-state index contributed by atoms with van der Waals surface area (Å²) >= 11 is 0. The highest BCUT2D eigenvalue weighted by Crippen LogP contribution is 2.21. The van der Waals surface area contributed by atoms with Crippen LogP contribution in [0.25, 0.3) is 0 Å². The maximum Gasteiger partial charge on any atom is 0.317 e. The van der Waals surface area contributed by atoms with Crippen LogP contribution in [0.1, 0.15) is 51.3 Å². The van der Waals surface area contributed by atoms with E-state index in [2.05, 4.69) is 21.4 Å². The van der Waals surface area contributed by atoms with Gasteiger partial charge in [-0.1, -0.05) is 70.2 Å². The van der Waals surface area contributed by atoms with Crippen LogP contribution in [-0.2, 0) is 16.1 Å². The van der Waals surface area contributed by atoms with Crippen molar-refractivity contribution >= 4 is 23.9 Å². The van der Waals surface area contributed by atoms with Crippen LogP contribution in [0.5, 0.6) is 5.75 Å². The van der Waals surface area contributed by atoms with Crippen molar-refractivity contribution in [1.82, 2.24) is 36.2 Å². The molecule has 4 atom stereocenters. The van der Waals surface area contributed by atoms with Crippen LogP contribution in [0, 0.1) is 11.8 Å². The van der Waals surface area contributed by atoms with Crippen molar-refractivity contribution in [2.45, 2.75) is 64.9 Å². The zero-order valence-electron chi connectivity index (χ0n) is 28.2. The molecule has 6 N–H and O–H groups in total. The van der Waals surface area contributed by atoms with Crippen molar-refractivity contribution in [3.05, 3.63) is 65.7 Å². The summed E-state index contributed by atoms with van der Waals surface area (Å²) in [5, 5.41) is 31.3. The summed E-state index contributed by atoms with van der Waals surface area (Å²) in [5.74, 6) is -1.21. The topological polar surface area (TPSA) is 167 Å². The van der Waals surface area contributed by atoms with Crippen LogP contribution >= 0.6 is 0 Å². The van der Waals surface area contributed by atoms with Crippen LogP contribution in [-0.4, -0.2) is 102 Å². The summed E-state index contributed by atoms with van der Waals surface area (Å²) in [4.78, 5) is 54.3. The highest BCUT2D eigenvalue weighted by atomic mass is 16.3. The van der Waals surface area contributed by atoms with Crippen molar-refractivity contribution < 1.29 is 29.4 Å². The second-order valence-corrected chi connectivity index (χ2v) is 12.4. The lowest BCUT2D eigenvalue weighted by molar-refractivity contribution is -0.129. The molecule has 46 heavy (non-hydrogen) atoms. The summed E-state index contributed by atoms with van der Waals surface area (Å²) in [7, 11) is 6.35. The Kier molecular flexibility index (Phi) is 14.8. The number of hydrogen-bond acceptors (Lipinski definition) is 7. The van der Waals surface area contributed by atoms with E-state index < -0.39 is 48.1 Å². The van der Waals surface area contributed by atoms with Crippen LogP contribution < -0.4 is 21.4 Å². The molecule has 0 heterocycles. The quantitative estimate of drug-likeness (QED) is 0.163. The molecule has 6 amide bonds. The molecule has 2 rings (SSSR count). The van der Waals surface area contributed by atoms with Gasteiger partial charge < -0.3 is 36.0 Å². The maximum absolute atomic E-state index is 13.5. The van der Waals surface area contributed by atoms with E-state index in [1.165, 1.54) is 9.80 Å². The number of benzene rings is 2. The van der Waals surface area contributed by atoms with Crippen molar-refractivity contribution in [1.29, 1.82) is 0 Å². The van der Waals surface area contributed by atoms with Gasteiger partial charge in [-0.25, -0.2) is 14.6 Å². The first kappa shape index (κ1) is 37.8. The summed E-state index contributed by atoms with van der Waals surface area (Å²) in [6.45, 7) is 7.70. The van der Waals surface area contributed by atoms with E-state index in [0.29, 0.717) is 5.56 Å². The number of aliphatic hydroxyl groups is 1. The van der Waals surface area contributed by atoms with Crippen molar-refractivity contribution in [2.24, 2.45) is 11.8 Å². The maximum atomic E-state index is 13.5. The predicted molar refractivity (Wildman–Crippen MR) is 176 cm³/mol. The van der Waals surface area contributed by atoms with E-state index in [4.69, 9.17) is 0 Å². The lowest BCUT2D eigenvalue weighted by Crippen LogP contribution is -2.56. The zero-order chi connectivity index (χ0) is 34.6. The second-order valence-electron chi connectivity index (χ2n) is 12.4. The number of phenols is 1. The van der Waals surface area contributed by atoms with E-state index in [1.807, 2.05) is 33.8 Å². The van der Waals surface area contributed by atoms with Crippen LogP contribution in [0.15, 0.2) is 54.6 Å². The van der Waals surface area contributed by atoms with Gasteiger partial charge in [-0.2, -0.15) is 0 Å². The first-order chi connectivity index (χ1) is 21.6. The minimum atomic E-state index is -1.09. The van der Waals surface area contributed by atoms with Gasteiger partial charge in [-0.05, 0) is 41.5 Å². The molecule has 2 aromatic carbocycles. The summed E-state index contributed by atoms with van der Waals surface area (Å²) in [6.07, 6.45) is -0.956. The van der Waals surface area contributed by atoms with Crippen molar-refractivity contribution in [3.8, 4) is 5.75 Å². The Hall–Kier alpha value is -4.36. The van der Waals surface area contributed by atoms with Gasteiger partial charge in [0.15, 0.2) is 0 Å². The molecule has 0 aliphatic carbocycles. The average molecular weight is 642 g/mol. The van der Waals surface area contributed by atoms with E-state index in [-0.39, 0.29) is 37.1 Å². The Balaban J connectivity index is 2.30. The Morgan fingerprint density at radius 2 is 1.22 bits per heavy atom. The molecular formula is C33H51N7O6. The number of aliphatic hydroxyl groups excluding tert-OH is 1. The van der Waals surface area contributed by atoms with Crippen molar-refractivity contribution in [2.75, 3.05) is 34.7 Å². The number of nitrogens with one attached hydrogen (secondary N) is 4. The molecule has 0 aromatic heterocycles. The summed E-state index contributed by atoms with van der Waals surface area (Å²) in [6, 6.07) is 12.3. The van der Waals surface area contributed by atoms with Gasteiger partial charge >= 0.3 is 12.1 Å². The summed E-state index contributed by atoms with van der Waals surface area (Å²) in [5.41, 5.74) is 4.35. The standard InChI is InChI=1S/C33H51N7O6/c1-21(2)27(35-32(45)38(5)6)30(43)34-29(24-12-10-9-11-13-24)26(42)18-19-40(20-23-14-16-25(41)17-15-23)37-31(44)28(22(3)4)36-33(46)39(7)8/h9-17,21-22,26-29,41-42H,18-20H2,1-8H3,(H,34,43)(H,35,45)(H,36,46)(H,37,44). The third kappa shape index (κ3) is 11.9. The van der Waals surface area contributed by atoms with Gasteiger partial charge in [-0.15, -0.1) is 0 Å². The minimum absolute atomic E-state index is 0.101. The molecule has 0 fully saturated rings. The molecule has 4 unspecified atom stereocenters. The van der Waals surface area contributed by atoms with Gasteiger partial charge in [0.2, 0.25) is 5.91 Å². The Bertz CT molecular complexity index is 1270. The van der Waals surface area contributed by atoms with E-state index in [9.17, 15) is 29.4 Å². The molecule has 13 heteroatoms. The summed E-state index contributed by atoms with van der Waals surface area (Å²) < 4.78 is 0. The molecule has 0 saturated heterocycles. The average Bonchev–Trinajstić information content (AvgIpc) is 3.00. The number of hydrazine groups is 1. The number of nitrogens with zero attached hydrogens (tertiary/aromatic N) is 3. The SMILES string of the molecule is CC(C)C(NC(=O)N(C)C)C(=O)NC(c1ccccc1)C(O)CCN(Cc1ccc(O)cc1)NC(=O)C(NC(=O)N(C)C)C(C)C. The van der Waals surface area contributed by atoms with Crippen LogP contribution in [0.2, 0.25) is 0 Å². The number of amides is 6. The second kappa shape index (κ2) is 18.0. The number of carbonyl (C=O) groups is 4. The number of carbonyl (C=O) groups excluding carboxylic acids is 4. The van der Waals surface area contributed by atoms with Gasteiger partial charge in [0.1, 0.15) is 17.8 Å². The molecule has 2 aromatic rings. The van der Waals surface area contributed by atoms with Crippen molar-refractivity contribution in [3.63, 3.8) is 0 Å². The fraction of sp³-hybridized carbons (Fsp3) is 0.515. The zero-order valence-corrected chi connectivity index (χ0v) is 28.2. The monoisotopic (exact) mass is 641 g/mol. The molecule has 0 aliphatic heterocycles. The highest BCUT2D eigenvalue weighted by Gasteiger charge is 2.31. The molecule has 0 bridgehead atoms. The van der Waals surface area contributed by atoms with Crippen LogP contribution in [0.4, 0.5) is 9.59 Å². The Labute approximate surface area is 272 Å². The number of urea groups is 2. The Morgan fingerprint density at radius 3 is 1.70 bits per heavy atom. The molecule has 0 aliphatic rings. The van der Waals surface area contributed by atoms with E-state index in [0.717, 1.165) is 5.56 Å². The smallest absolute Gasteiger partial charge is 0.317 e. The first-order valence-electron chi connectivity index (χ1n) is 15.4. The van der Waals surface area contributed by atoms with Crippen LogP contribution in [0.3, 0.4) is 0 Å². The number of rotatable bonds is 15. The third-order valence-corrected chi connectivity index (χ3v) is 7.38. The minimum Gasteiger partial charge on any atom is -0.508 e.